The van der Waals surface area contributed by atoms with E-state index >= 15 is 0 Å². The Hall–Kier alpha value is -1.62. The third kappa shape index (κ3) is 2.26. The maximum absolute atomic E-state index is 13.2. The molecule has 3 nitrogen and oxygen atoms in total. The van der Waals surface area contributed by atoms with E-state index in [1.165, 1.54) is 36.3 Å². The second-order valence-electron chi connectivity index (χ2n) is 5.52. The fraction of sp³-hybridized carbons (Fsp3) is 0.400. The second kappa shape index (κ2) is 4.74. The summed E-state index contributed by atoms with van der Waals surface area (Å²) in [4.78, 5) is 12.7. The number of carbonyl (C=O) groups excluding carboxylic acids is 1. The van der Waals surface area contributed by atoms with Crippen LogP contribution >= 0.6 is 11.3 Å². The van der Waals surface area contributed by atoms with Crippen LogP contribution in [0.1, 0.15) is 35.9 Å². The van der Waals surface area contributed by atoms with Crippen LogP contribution in [0.2, 0.25) is 0 Å². The first-order valence-electron chi connectivity index (χ1n) is 6.80. The molecule has 5 heteroatoms. The van der Waals surface area contributed by atoms with Gasteiger partial charge in [0, 0.05) is 16.6 Å². The highest BCUT2D eigenvalue weighted by Crippen LogP contribution is 2.48. The summed E-state index contributed by atoms with van der Waals surface area (Å²) >= 11 is 1.32. The fourth-order valence-electron chi connectivity index (χ4n) is 2.44. The molecule has 0 bridgehead atoms. The van der Waals surface area contributed by atoms with E-state index in [1.807, 2.05) is 0 Å². The summed E-state index contributed by atoms with van der Waals surface area (Å²) in [5.74, 6) is -0.485. The highest BCUT2D eigenvalue weighted by atomic mass is 32.1. The minimum absolute atomic E-state index is 0.149. The molecule has 0 atom stereocenters. The maximum Gasteiger partial charge on any atom is 0.263 e. The van der Waals surface area contributed by atoms with Crippen LogP contribution in [0.15, 0.2) is 18.2 Å². The van der Waals surface area contributed by atoms with Crippen LogP contribution in [-0.4, -0.2) is 12.5 Å². The number of nitrogen functional groups attached to an aromatic ring is 1. The minimum atomic E-state index is -0.336. The quantitative estimate of drug-likeness (QED) is 0.905. The number of hydrogen-bond donors (Lipinski definition) is 2. The van der Waals surface area contributed by atoms with Crippen LogP contribution in [0.3, 0.4) is 0 Å². The van der Waals surface area contributed by atoms with Gasteiger partial charge in [0.15, 0.2) is 0 Å². The average molecular weight is 292 g/mol. The predicted octanol–water partition coefficient (Wildman–Crippen LogP) is 3.54. The number of benzene rings is 1. The molecule has 0 spiro atoms. The first-order chi connectivity index (χ1) is 9.54. The number of halogens is 1. The topological polar surface area (TPSA) is 55.1 Å². The van der Waals surface area contributed by atoms with Gasteiger partial charge in [-0.1, -0.05) is 6.92 Å². The number of anilines is 1. The van der Waals surface area contributed by atoms with Gasteiger partial charge in [-0.15, -0.1) is 11.3 Å². The van der Waals surface area contributed by atoms with Crippen molar-refractivity contribution in [3.05, 3.63) is 28.9 Å². The van der Waals surface area contributed by atoms with Crippen LogP contribution in [-0.2, 0) is 0 Å². The molecule has 0 radical (unpaired) electrons. The molecule has 2 aromatic rings. The second-order valence-corrected chi connectivity index (χ2v) is 6.57. The molecule has 3 rings (SSSR count). The molecular weight excluding hydrogens is 275 g/mol. The van der Waals surface area contributed by atoms with Crippen LogP contribution in [0.4, 0.5) is 10.1 Å². The summed E-state index contributed by atoms with van der Waals surface area (Å²) in [6.45, 7) is 2.85. The molecule has 20 heavy (non-hydrogen) atoms. The smallest absolute Gasteiger partial charge is 0.263 e. The highest BCUT2D eigenvalue weighted by Gasteiger charge is 2.40. The predicted molar refractivity (Wildman–Crippen MR) is 80.5 cm³/mol. The fourth-order valence-corrected chi connectivity index (χ4v) is 3.46. The van der Waals surface area contributed by atoms with Crippen molar-refractivity contribution in [3.8, 4) is 0 Å². The third-order valence-electron chi connectivity index (χ3n) is 4.23. The Bertz CT molecular complexity index is 676. The summed E-state index contributed by atoms with van der Waals surface area (Å²) in [6.07, 6.45) is 3.44. The molecule has 0 aliphatic heterocycles. The van der Waals surface area contributed by atoms with E-state index in [9.17, 15) is 9.18 Å². The molecule has 0 saturated heterocycles. The van der Waals surface area contributed by atoms with Gasteiger partial charge in [0.1, 0.15) is 10.7 Å². The Labute approximate surface area is 121 Å². The molecular formula is C15H17FN2OS. The first kappa shape index (κ1) is 13.4. The number of fused-ring (bicyclic) bond motifs is 1. The number of carbonyl (C=O) groups is 1. The molecule has 0 unspecified atom stereocenters. The van der Waals surface area contributed by atoms with Crippen molar-refractivity contribution in [2.24, 2.45) is 5.41 Å². The van der Waals surface area contributed by atoms with Crippen molar-refractivity contribution in [1.82, 2.24) is 5.32 Å². The molecule has 3 N–H and O–H groups in total. The summed E-state index contributed by atoms with van der Waals surface area (Å²) in [5, 5.41) is 3.59. The van der Waals surface area contributed by atoms with Crippen LogP contribution in [0.25, 0.3) is 10.1 Å². The van der Waals surface area contributed by atoms with Crippen LogP contribution in [0, 0.1) is 11.2 Å². The van der Waals surface area contributed by atoms with Crippen molar-refractivity contribution in [1.29, 1.82) is 0 Å². The standard InChI is InChI=1S/C15H17FN2OS/c1-2-15(5-6-15)8-18-14(19)13-12(17)10-7-9(16)3-4-11(10)20-13/h3-4,7H,2,5-6,8,17H2,1H3,(H,18,19). The zero-order valence-electron chi connectivity index (χ0n) is 11.3. The summed E-state index contributed by atoms with van der Waals surface area (Å²) in [7, 11) is 0. The van der Waals surface area contributed by atoms with Gasteiger partial charge in [-0.2, -0.15) is 0 Å². The molecule has 106 valence electrons. The van der Waals surface area contributed by atoms with Crippen LogP contribution < -0.4 is 11.1 Å². The lowest BCUT2D eigenvalue weighted by atomic mass is 10.0. The van der Waals surface area contributed by atoms with Crippen molar-refractivity contribution in [2.45, 2.75) is 26.2 Å². The Morgan fingerprint density at radius 1 is 1.50 bits per heavy atom. The van der Waals surface area contributed by atoms with E-state index in [4.69, 9.17) is 5.73 Å². The van der Waals surface area contributed by atoms with Crippen LogP contribution in [0.5, 0.6) is 0 Å². The van der Waals surface area contributed by atoms with Gasteiger partial charge < -0.3 is 11.1 Å². The molecule has 1 heterocycles. The van der Waals surface area contributed by atoms with Crippen molar-refractivity contribution in [3.63, 3.8) is 0 Å². The van der Waals surface area contributed by atoms with Crippen molar-refractivity contribution in [2.75, 3.05) is 12.3 Å². The van der Waals surface area contributed by atoms with E-state index < -0.39 is 0 Å². The summed E-state index contributed by atoms with van der Waals surface area (Å²) in [6, 6.07) is 4.43. The first-order valence-corrected chi connectivity index (χ1v) is 7.62. The maximum atomic E-state index is 13.2. The number of rotatable bonds is 4. The SMILES string of the molecule is CCC1(CNC(=O)c2sc3ccc(F)cc3c2N)CC1. The average Bonchev–Trinajstić information content (AvgIpc) is 3.16. The zero-order valence-corrected chi connectivity index (χ0v) is 12.1. The number of amides is 1. The lowest BCUT2D eigenvalue weighted by Crippen LogP contribution is -2.29. The van der Waals surface area contributed by atoms with Gasteiger partial charge in [-0.05, 0) is 42.9 Å². The van der Waals surface area contributed by atoms with Gasteiger partial charge in [-0.3, -0.25) is 4.79 Å². The van der Waals surface area contributed by atoms with E-state index in [-0.39, 0.29) is 11.7 Å². The zero-order chi connectivity index (χ0) is 14.3. The number of nitrogens with one attached hydrogen (secondary N) is 1. The van der Waals surface area contributed by atoms with Gasteiger partial charge in [0.25, 0.3) is 5.91 Å². The number of hydrogen-bond acceptors (Lipinski definition) is 3. The minimum Gasteiger partial charge on any atom is -0.397 e. The van der Waals surface area contributed by atoms with Gasteiger partial charge in [0.05, 0.1) is 5.69 Å². The molecule has 1 aliphatic carbocycles. The Morgan fingerprint density at radius 2 is 2.25 bits per heavy atom. The monoisotopic (exact) mass is 292 g/mol. The Morgan fingerprint density at radius 3 is 2.90 bits per heavy atom. The Balaban J connectivity index is 1.82. The normalized spacial score (nSPS) is 16.3. The molecule has 1 aliphatic rings. The van der Waals surface area contributed by atoms with Gasteiger partial charge in [-0.25, -0.2) is 4.39 Å². The van der Waals surface area contributed by atoms with Gasteiger partial charge in [0.2, 0.25) is 0 Å². The van der Waals surface area contributed by atoms with E-state index in [0.717, 1.165) is 11.1 Å². The molecule has 1 amide bonds. The lowest BCUT2D eigenvalue weighted by molar-refractivity contribution is 0.0949. The third-order valence-corrected chi connectivity index (χ3v) is 5.41. The van der Waals surface area contributed by atoms with E-state index in [2.05, 4.69) is 12.2 Å². The molecule has 1 saturated carbocycles. The van der Waals surface area contributed by atoms with E-state index in [1.54, 1.807) is 6.07 Å². The molecule has 1 aromatic heterocycles. The summed E-state index contributed by atoms with van der Waals surface area (Å²) in [5.41, 5.74) is 6.66. The van der Waals surface area contributed by atoms with E-state index in [0.29, 0.717) is 27.9 Å². The number of nitrogens with two attached hydrogens (primary N) is 1. The number of thiophene rings is 1. The van der Waals surface area contributed by atoms with Crippen molar-refractivity contribution >= 4 is 33.0 Å². The van der Waals surface area contributed by atoms with Gasteiger partial charge >= 0.3 is 0 Å². The molecule has 1 aromatic carbocycles. The highest BCUT2D eigenvalue weighted by molar-refractivity contribution is 7.21. The summed E-state index contributed by atoms with van der Waals surface area (Å²) < 4.78 is 14.1. The Kier molecular flexibility index (Phi) is 3.17. The lowest BCUT2D eigenvalue weighted by Gasteiger charge is -2.12. The van der Waals surface area contributed by atoms with Crippen molar-refractivity contribution < 1.29 is 9.18 Å². The molecule has 1 fully saturated rings. The largest absolute Gasteiger partial charge is 0.397 e.